The van der Waals surface area contributed by atoms with E-state index in [2.05, 4.69) is 55.2 Å². The van der Waals surface area contributed by atoms with Crippen LogP contribution in [-0.4, -0.2) is 58.1 Å². The lowest BCUT2D eigenvalue weighted by Gasteiger charge is -2.42. The fourth-order valence-electron chi connectivity index (χ4n) is 5.39. The maximum absolute atomic E-state index is 12.5. The number of anilines is 2. The first-order chi connectivity index (χ1) is 26.3. The summed E-state index contributed by atoms with van der Waals surface area (Å²) in [5, 5.41) is 12.9. The molecule has 0 spiro atoms. The Kier molecular flexibility index (Phi) is 12.2. The normalized spacial score (nSPS) is 15.3. The first-order valence-corrected chi connectivity index (χ1v) is 16.9. The Bertz CT molecular complexity index is 2010. The van der Waals surface area contributed by atoms with E-state index in [1.165, 1.54) is 17.8 Å². The van der Waals surface area contributed by atoms with E-state index in [1.54, 1.807) is 17.8 Å². The third kappa shape index (κ3) is 9.64. The maximum atomic E-state index is 12.5. The van der Waals surface area contributed by atoms with Crippen molar-refractivity contribution in [2.45, 2.75) is 75.8 Å². The fraction of sp³-hybridized carbons (Fsp3) is 0.353. The summed E-state index contributed by atoms with van der Waals surface area (Å²) >= 11 is 0. The molecule has 0 saturated heterocycles. The first kappa shape index (κ1) is 39.9. The number of alkyl halides is 6. The van der Waals surface area contributed by atoms with Gasteiger partial charge in [0.1, 0.15) is 0 Å². The van der Waals surface area contributed by atoms with E-state index in [4.69, 9.17) is 0 Å². The van der Waals surface area contributed by atoms with Crippen LogP contribution in [0, 0.1) is 0 Å². The summed E-state index contributed by atoms with van der Waals surface area (Å²) in [6, 6.07) is 11.3. The number of nitrogens with one attached hydrogen (secondary N) is 4. The topological polar surface area (TPSA) is 199 Å². The molecule has 2 saturated carbocycles. The zero-order valence-electron chi connectivity index (χ0n) is 29.2. The number of hydrogen-bond donors (Lipinski definition) is 4. The molecule has 2 aliphatic carbocycles. The molecule has 2 aliphatic rings. The fourth-order valence-corrected chi connectivity index (χ4v) is 5.39. The lowest BCUT2D eigenvalue weighted by Crippen LogP contribution is -2.47. The van der Waals surface area contributed by atoms with Gasteiger partial charge in [-0.1, -0.05) is 26.0 Å². The van der Waals surface area contributed by atoms with E-state index < -0.39 is 30.1 Å². The lowest BCUT2D eigenvalue weighted by molar-refractivity contribution is -0.174. The summed E-state index contributed by atoms with van der Waals surface area (Å²) in [4.78, 5) is 47.6. The van der Waals surface area contributed by atoms with Crippen LogP contribution in [0.2, 0.25) is 0 Å². The van der Waals surface area contributed by atoms with Gasteiger partial charge in [-0.3, -0.25) is 30.4 Å². The Balaban J connectivity index is 0.000000202. The molecule has 290 valence electrons. The van der Waals surface area contributed by atoms with Crippen LogP contribution >= 0.6 is 0 Å². The van der Waals surface area contributed by atoms with Crippen LogP contribution in [0.15, 0.2) is 78.0 Å². The standard InChI is InChI=1S/C16H15F3N6O2.C16H13F3N6O.C2H6/c17-16(18,19)13(27)25-24-12(26)10-8-21-14(22-9-10)23-15(5-3-6-15)11-4-1-2-7-20-11;17-16(18,19)13-25-24-12(26-13)10-8-21-14(22-9-10)23-15(5-3-6-15)11-4-1-2-7-20-11;1-2/h1-2,4,7-9H,3,5-6H2,(H,24,26)(H,25,27)(H,21,22,23);1-2,4,7-9H,3,5-6H2,(H,21,22,23);1-2H3. The van der Waals surface area contributed by atoms with Gasteiger partial charge in [0.15, 0.2) is 0 Å². The molecule has 5 aromatic rings. The largest absolute Gasteiger partial charge is 0.472 e. The molecule has 7 rings (SSSR count). The molecule has 15 nitrogen and oxygen atoms in total. The molecule has 0 unspecified atom stereocenters. The lowest BCUT2D eigenvalue weighted by atomic mass is 9.74. The van der Waals surface area contributed by atoms with E-state index >= 15 is 0 Å². The van der Waals surface area contributed by atoms with E-state index in [-0.39, 0.29) is 34.0 Å². The highest BCUT2D eigenvalue weighted by molar-refractivity contribution is 5.95. The number of aromatic nitrogens is 8. The van der Waals surface area contributed by atoms with Gasteiger partial charge in [0.05, 0.1) is 33.6 Å². The zero-order chi connectivity index (χ0) is 39.7. The molecule has 0 bridgehead atoms. The molecule has 5 aromatic heterocycles. The zero-order valence-corrected chi connectivity index (χ0v) is 29.2. The number of pyridine rings is 2. The van der Waals surface area contributed by atoms with Gasteiger partial charge in [-0.25, -0.2) is 19.9 Å². The highest BCUT2D eigenvalue weighted by Gasteiger charge is 2.42. The van der Waals surface area contributed by atoms with Gasteiger partial charge in [-0.15, -0.1) is 10.2 Å². The molecule has 2 amide bonds. The number of halogens is 6. The Morgan fingerprint density at radius 1 is 0.673 bits per heavy atom. The molecule has 0 atom stereocenters. The average Bonchev–Trinajstić information content (AvgIpc) is 3.67. The Morgan fingerprint density at radius 2 is 1.16 bits per heavy atom. The van der Waals surface area contributed by atoms with Gasteiger partial charge in [-0.2, -0.15) is 26.3 Å². The first-order valence-electron chi connectivity index (χ1n) is 16.9. The van der Waals surface area contributed by atoms with Crippen molar-refractivity contribution in [3.8, 4) is 11.5 Å². The average molecular weight is 773 g/mol. The van der Waals surface area contributed by atoms with Crippen LogP contribution in [0.5, 0.6) is 0 Å². The van der Waals surface area contributed by atoms with E-state index in [1.807, 2.05) is 50.2 Å². The van der Waals surface area contributed by atoms with Crippen molar-refractivity contribution in [3.63, 3.8) is 0 Å². The molecule has 0 aromatic carbocycles. The molecular weight excluding hydrogens is 738 g/mol. The number of hydrazine groups is 1. The van der Waals surface area contributed by atoms with Crippen molar-refractivity contribution >= 4 is 23.7 Å². The second kappa shape index (κ2) is 16.8. The Labute approximate surface area is 309 Å². The van der Waals surface area contributed by atoms with Gasteiger partial charge in [0.25, 0.3) is 11.8 Å². The number of carbonyl (C=O) groups excluding carboxylic acids is 2. The molecule has 5 heterocycles. The van der Waals surface area contributed by atoms with Crippen LogP contribution in [0.1, 0.15) is 80.0 Å². The second-order valence-corrected chi connectivity index (χ2v) is 12.0. The van der Waals surface area contributed by atoms with E-state index in [0.717, 1.165) is 62.3 Å². The van der Waals surface area contributed by atoms with Crippen LogP contribution in [0.3, 0.4) is 0 Å². The van der Waals surface area contributed by atoms with Gasteiger partial charge >= 0.3 is 24.2 Å². The number of rotatable bonds is 8. The van der Waals surface area contributed by atoms with Crippen molar-refractivity contribution in [1.29, 1.82) is 0 Å². The van der Waals surface area contributed by atoms with Gasteiger partial charge in [-0.05, 0) is 62.8 Å². The quantitative estimate of drug-likeness (QED) is 0.104. The molecule has 2 fully saturated rings. The molecule has 4 N–H and O–H groups in total. The van der Waals surface area contributed by atoms with Crippen LogP contribution < -0.4 is 21.5 Å². The molecule has 0 aliphatic heterocycles. The number of nitrogens with zero attached hydrogens (tertiary/aromatic N) is 8. The van der Waals surface area contributed by atoms with Crippen molar-refractivity contribution in [1.82, 2.24) is 51.0 Å². The number of carbonyl (C=O) groups is 2. The third-order valence-corrected chi connectivity index (χ3v) is 8.45. The van der Waals surface area contributed by atoms with E-state index in [0.29, 0.717) is 5.95 Å². The van der Waals surface area contributed by atoms with Crippen molar-refractivity contribution in [3.05, 3.63) is 96.4 Å². The summed E-state index contributed by atoms with van der Waals surface area (Å²) in [6.45, 7) is 4.00. The highest BCUT2D eigenvalue weighted by atomic mass is 19.4. The minimum Gasteiger partial charge on any atom is -0.413 e. The summed E-state index contributed by atoms with van der Waals surface area (Å²) in [5.41, 5.74) is 4.08. The summed E-state index contributed by atoms with van der Waals surface area (Å²) in [7, 11) is 0. The van der Waals surface area contributed by atoms with Gasteiger partial charge in [0, 0.05) is 37.2 Å². The molecular formula is C34H34F6N12O3. The SMILES string of the molecule is CC.FC(F)(F)c1nnc(-c2cnc(NC3(c4ccccn4)CCC3)nc2)o1.O=C(NNC(=O)C(F)(F)F)c1cnc(NC2(c3ccccn3)CCC2)nc1. The maximum Gasteiger partial charge on any atom is 0.472 e. The van der Waals surface area contributed by atoms with Crippen molar-refractivity contribution in [2.75, 3.05) is 10.6 Å². The van der Waals surface area contributed by atoms with Gasteiger partial charge < -0.3 is 15.1 Å². The minimum atomic E-state index is -5.10. The molecule has 55 heavy (non-hydrogen) atoms. The monoisotopic (exact) mass is 772 g/mol. The van der Waals surface area contributed by atoms with Crippen LogP contribution in [0.4, 0.5) is 38.2 Å². The summed E-state index contributed by atoms with van der Waals surface area (Å²) < 4.78 is 78.5. The van der Waals surface area contributed by atoms with Crippen LogP contribution in [-0.2, 0) is 22.0 Å². The number of amides is 2. The molecule has 0 radical (unpaired) electrons. The van der Waals surface area contributed by atoms with E-state index in [9.17, 15) is 35.9 Å². The number of hydrogen-bond acceptors (Lipinski definition) is 13. The summed E-state index contributed by atoms with van der Waals surface area (Å²) in [5.74, 6) is -4.32. The predicted octanol–water partition coefficient (Wildman–Crippen LogP) is 6.14. The smallest absolute Gasteiger partial charge is 0.413 e. The van der Waals surface area contributed by atoms with Gasteiger partial charge in [0.2, 0.25) is 11.9 Å². The second-order valence-electron chi connectivity index (χ2n) is 12.0. The molecule has 21 heteroatoms. The van der Waals surface area contributed by atoms with Crippen molar-refractivity contribution < 1.29 is 40.3 Å². The minimum absolute atomic E-state index is 0.108. The Morgan fingerprint density at radius 3 is 1.55 bits per heavy atom. The van der Waals surface area contributed by atoms with Crippen LogP contribution in [0.25, 0.3) is 11.5 Å². The third-order valence-electron chi connectivity index (χ3n) is 8.45. The predicted molar refractivity (Wildman–Crippen MR) is 182 cm³/mol. The Hall–Kier alpha value is -6.28. The van der Waals surface area contributed by atoms with Crippen molar-refractivity contribution in [2.24, 2.45) is 0 Å². The summed E-state index contributed by atoms with van der Waals surface area (Å²) in [6.07, 6.45) is 4.18. The highest BCUT2D eigenvalue weighted by Crippen LogP contribution is 2.43.